The molecule has 0 saturated heterocycles. The van der Waals surface area contributed by atoms with Crippen LogP contribution in [0.2, 0.25) is 5.02 Å². The van der Waals surface area contributed by atoms with Gasteiger partial charge in [0.05, 0.1) is 6.54 Å². The predicted molar refractivity (Wildman–Crippen MR) is 98.9 cm³/mol. The summed E-state index contributed by atoms with van der Waals surface area (Å²) in [5, 5.41) is 12.9. The van der Waals surface area contributed by atoms with Crippen molar-refractivity contribution in [2.45, 2.75) is 6.54 Å². The van der Waals surface area contributed by atoms with E-state index in [1.54, 1.807) is 43.4 Å². The average molecular weight is 358 g/mol. The van der Waals surface area contributed by atoms with Crippen LogP contribution in [0, 0.1) is 0 Å². The molecule has 4 N–H and O–H groups in total. The number of fused-ring (bicyclic) bond motifs is 1. The van der Waals surface area contributed by atoms with Gasteiger partial charge in [-0.1, -0.05) is 23.7 Å². The van der Waals surface area contributed by atoms with Gasteiger partial charge < -0.3 is 20.7 Å². The lowest BCUT2D eigenvalue weighted by atomic mass is 9.96. The van der Waals surface area contributed by atoms with Gasteiger partial charge in [-0.25, -0.2) is 4.79 Å². The number of anilines is 1. The van der Waals surface area contributed by atoms with E-state index in [2.05, 4.69) is 5.32 Å². The van der Waals surface area contributed by atoms with E-state index in [0.717, 1.165) is 11.1 Å². The van der Waals surface area contributed by atoms with Crippen LogP contribution < -0.4 is 16.6 Å². The second kappa shape index (κ2) is 6.49. The maximum absolute atomic E-state index is 12.7. The Labute approximate surface area is 148 Å². The lowest BCUT2D eigenvalue weighted by Crippen LogP contribution is -2.28. The summed E-state index contributed by atoms with van der Waals surface area (Å²) in [6.07, 6.45) is -1.17. The standard InChI is InChI=1S/C18H16ClN3O3/c1-22-15(9-21-18(24)25)16(10-3-2-4-12(20)7-10)14-8-11(19)5-6-13(14)17(22)23/h2-8,21H,9,20H2,1H3,(H,24,25). The minimum atomic E-state index is -1.17. The second-order valence-corrected chi connectivity index (χ2v) is 6.10. The van der Waals surface area contributed by atoms with Gasteiger partial charge in [0, 0.05) is 34.4 Å². The zero-order valence-corrected chi connectivity index (χ0v) is 14.2. The molecular weight excluding hydrogens is 342 g/mol. The number of pyridine rings is 1. The van der Waals surface area contributed by atoms with Crippen molar-refractivity contribution in [3.63, 3.8) is 0 Å². The summed E-state index contributed by atoms with van der Waals surface area (Å²) in [5.41, 5.74) is 8.29. The van der Waals surface area contributed by atoms with E-state index < -0.39 is 6.09 Å². The van der Waals surface area contributed by atoms with Gasteiger partial charge in [-0.15, -0.1) is 0 Å². The van der Waals surface area contributed by atoms with E-state index in [9.17, 15) is 9.59 Å². The molecule has 25 heavy (non-hydrogen) atoms. The number of carboxylic acid groups (broad SMARTS) is 1. The number of hydrogen-bond donors (Lipinski definition) is 3. The number of hydrogen-bond acceptors (Lipinski definition) is 3. The van der Waals surface area contributed by atoms with E-state index in [-0.39, 0.29) is 12.1 Å². The van der Waals surface area contributed by atoms with Gasteiger partial charge in [-0.3, -0.25) is 4.79 Å². The van der Waals surface area contributed by atoms with Crippen molar-refractivity contribution in [2.24, 2.45) is 7.05 Å². The molecular formula is C18H16ClN3O3. The number of nitrogens with zero attached hydrogens (tertiary/aromatic N) is 1. The van der Waals surface area contributed by atoms with Gasteiger partial charge in [0.1, 0.15) is 0 Å². The molecule has 0 unspecified atom stereocenters. The Bertz CT molecular complexity index is 1040. The molecule has 7 heteroatoms. The number of halogens is 1. The van der Waals surface area contributed by atoms with Crippen LogP contribution in [0.4, 0.5) is 10.5 Å². The number of aromatic nitrogens is 1. The first kappa shape index (κ1) is 16.9. The number of amides is 1. The smallest absolute Gasteiger partial charge is 0.404 e. The maximum atomic E-state index is 12.7. The third kappa shape index (κ3) is 3.16. The van der Waals surface area contributed by atoms with Crippen molar-refractivity contribution in [1.82, 2.24) is 9.88 Å². The van der Waals surface area contributed by atoms with Crippen LogP contribution in [0.5, 0.6) is 0 Å². The van der Waals surface area contributed by atoms with Gasteiger partial charge in [0.25, 0.3) is 5.56 Å². The third-order valence-corrected chi connectivity index (χ3v) is 4.30. The lowest BCUT2D eigenvalue weighted by molar-refractivity contribution is 0.193. The van der Waals surface area contributed by atoms with Crippen LogP contribution in [-0.4, -0.2) is 15.8 Å². The fraction of sp³-hybridized carbons (Fsp3) is 0.111. The molecule has 128 valence electrons. The van der Waals surface area contributed by atoms with Crippen LogP contribution in [0.15, 0.2) is 47.3 Å². The van der Waals surface area contributed by atoms with Crippen molar-refractivity contribution >= 4 is 34.2 Å². The molecule has 0 fully saturated rings. The maximum Gasteiger partial charge on any atom is 0.404 e. The first-order valence-electron chi connectivity index (χ1n) is 7.52. The van der Waals surface area contributed by atoms with Gasteiger partial charge in [-0.2, -0.15) is 0 Å². The molecule has 2 aromatic carbocycles. The highest BCUT2D eigenvalue weighted by Crippen LogP contribution is 2.33. The van der Waals surface area contributed by atoms with Gasteiger partial charge in [0.2, 0.25) is 0 Å². The highest BCUT2D eigenvalue weighted by Gasteiger charge is 2.17. The quantitative estimate of drug-likeness (QED) is 0.627. The minimum absolute atomic E-state index is 0.0202. The number of benzene rings is 2. The molecule has 1 amide bonds. The summed E-state index contributed by atoms with van der Waals surface area (Å²) >= 11 is 6.14. The van der Waals surface area contributed by atoms with Gasteiger partial charge in [0.15, 0.2) is 0 Å². The average Bonchev–Trinajstić information content (AvgIpc) is 2.56. The van der Waals surface area contributed by atoms with Crippen molar-refractivity contribution < 1.29 is 9.90 Å². The molecule has 3 rings (SSSR count). The third-order valence-electron chi connectivity index (χ3n) is 4.06. The van der Waals surface area contributed by atoms with E-state index in [0.29, 0.717) is 27.2 Å². The first-order valence-corrected chi connectivity index (χ1v) is 7.90. The summed E-state index contributed by atoms with van der Waals surface area (Å²) in [6, 6.07) is 12.2. The molecule has 6 nitrogen and oxygen atoms in total. The Balaban J connectivity index is 2.42. The molecule has 0 atom stereocenters. The Morgan fingerprint density at radius 1 is 1.24 bits per heavy atom. The molecule has 0 aliphatic rings. The molecule has 0 aliphatic carbocycles. The lowest BCUT2D eigenvalue weighted by Gasteiger charge is -2.18. The summed E-state index contributed by atoms with van der Waals surface area (Å²) in [5.74, 6) is 0. The second-order valence-electron chi connectivity index (χ2n) is 5.66. The van der Waals surface area contributed by atoms with Crippen molar-refractivity contribution in [1.29, 1.82) is 0 Å². The molecule has 1 heterocycles. The van der Waals surface area contributed by atoms with E-state index in [1.165, 1.54) is 4.57 Å². The molecule has 1 aromatic heterocycles. The summed E-state index contributed by atoms with van der Waals surface area (Å²) < 4.78 is 1.45. The van der Waals surface area contributed by atoms with E-state index in [4.69, 9.17) is 22.4 Å². The Morgan fingerprint density at radius 3 is 2.68 bits per heavy atom. The van der Waals surface area contributed by atoms with Crippen molar-refractivity contribution in [3.8, 4) is 11.1 Å². The van der Waals surface area contributed by atoms with Crippen LogP contribution in [-0.2, 0) is 13.6 Å². The summed E-state index contributed by atoms with van der Waals surface area (Å²) in [6.45, 7) is -0.0202. The fourth-order valence-corrected chi connectivity index (χ4v) is 3.09. The Kier molecular flexibility index (Phi) is 4.37. The topological polar surface area (TPSA) is 97.3 Å². The number of nitrogens with one attached hydrogen (secondary N) is 1. The molecule has 0 radical (unpaired) electrons. The number of rotatable bonds is 3. The predicted octanol–water partition coefficient (Wildman–Crippen LogP) is 3.21. The van der Waals surface area contributed by atoms with Gasteiger partial charge >= 0.3 is 6.09 Å². The van der Waals surface area contributed by atoms with Crippen LogP contribution in [0.25, 0.3) is 21.9 Å². The molecule has 0 aliphatic heterocycles. The van der Waals surface area contributed by atoms with Gasteiger partial charge in [-0.05, 0) is 41.3 Å². The number of nitrogens with two attached hydrogens (primary N) is 1. The Hall–Kier alpha value is -2.99. The van der Waals surface area contributed by atoms with Crippen LogP contribution >= 0.6 is 11.6 Å². The largest absolute Gasteiger partial charge is 0.465 e. The van der Waals surface area contributed by atoms with E-state index in [1.807, 2.05) is 6.07 Å². The van der Waals surface area contributed by atoms with Crippen LogP contribution in [0.3, 0.4) is 0 Å². The Morgan fingerprint density at radius 2 is 2.00 bits per heavy atom. The monoisotopic (exact) mass is 357 g/mol. The first-order chi connectivity index (χ1) is 11.9. The molecule has 0 saturated carbocycles. The van der Waals surface area contributed by atoms with Crippen LogP contribution in [0.1, 0.15) is 5.69 Å². The summed E-state index contributed by atoms with van der Waals surface area (Å²) in [7, 11) is 1.62. The minimum Gasteiger partial charge on any atom is -0.465 e. The van der Waals surface area contributed by atoms with E-state index >= 15 is 0 Å². The molecule has 0 bridgehead atoms. The fourth-order valence-electron chi connectivity index (χ4n) is 2.92. The normalized spacial score (nSPS) is 10.8. The zero-order valence-electron chi connectivity index (χ0n) is 13.4. The van der Waals surface area contributed by atoms with Crippen molar-refractivity contribution in [2.75, 3.05) is 5.73 Å². The number of carbonyl (C=O) groups is 1. The molecule has 3 aromatic rings. The highest BCUT2D eigenvalue weighted by atomic mass is 35.5. The number of nitrogen functional groups attached to an aromatic ring is 1. The SMILES string of the molecule is Cn1c(CNC(=O)O)c(-c2cccc(N)c2)c2cc(Cl)ccc2c1=O. The van der Waals surface area contributed by atoms with Crippen molar-refractivity contribution in [3.05, 3.63) is 63.5 Å². The molecule has 0 spiro atoms. The highest BCUT2D eigenvalue weighted by molar-refractivity contribution is 6.31. The zero-order chi connectivity index (χ0) is 18.1. The summed E-state index contributed by atoms with van der Waals surface area (Å²) in [4.78, 5) is 23.6.